The monoisotopic (exact) mass is 344 g/mol. The van der Waals surface area contributed by atoms with E-state index in [-0.39, 0.29) is 18.2 Å². The number of ether oxygens (including phenoxy) is 1. The first-order valence-electron chi connectivity index (χ1n) is 8.42. The largest absolute Gasteiger partial charge is 0.467 e. The molecule has 2 aromatic rings. The van der Waals surface area contributed by atoms with Gasteiger partial charge in [0.15, 0.2) is 0 Å². The number of amides is 2. The molecule has 0 radical (unpaired) electrons. The minimum absolute atomic E-state index is 0.181. The van der Waals surface area contributed by atoms with E-state index in [0.29, 0.717) is 12.2 Å². The van der Waals surface area contributed by atoms with Crippen LogP contribution >= 0.6 is 0 Å². The number of nitrogens with zero attached hydrogens (tertiary/aromatic N) is 3. The van der Waals surface area contributed by atoms with Crippen molar-refractivity contribution < 1.29 is 13.9 Å². The Bertz CT molecular complexity index is 677. The first kappa shape index (κ1) is 17.3. The van der Waals surface area contributed by atoms with Gasteiger partial charge in [0.2, 0.25) is 0 Å². The maximum Gasteiger partial charge on any atom is 0.322 e. The van der Waals surface area contributed by atoms with Crippen molar-refractivity contribution in [2.24, 2.45) is 0 Å². The molecule has 0 unspecified atom stereocenters. The van der Waals surface area contributed by atoms with Gasteiger partial charge >= 0.3 is 6.03 Å². The van der Waals surface area contributed by atoms with Crippen molar-refractivity contribution in [2.75, 3.05) is 30.4 Å². The predicted molar refractivity (Wildman–Crippen MR) is 95.7 cm³/mol. The average Bonchev–Trinajstić information content (AvgIpc) is 3.07. The zero-order chi connectivity index (χ0) is 17.8. The quantitative estimate of drug-likeness (QED) is 0.923. The van der Waals surface area contributed by atoms with Gasteiger partial charge < -0.3 is 24.3 Å². The molecule has 0 saturated carbocycles. The van der Waals surface area contributed by atoms with E-state index in [1.54, 1.807) is 30.5 Å². The predicted octanol–water partition coefficient (Wildman–Crippen LogP) is 2.95. The summed E-state index contributed by atoms with van der Waals surface area (Å²) in [6.07, 6.45) is 3.64. The van der Waals surface area contributed by atoms with Gasteiger partial charge in [0, 0.05) is 20.1 Å². The van der Waals surface area contributed by atoms with Gasteiger partial charge in [-0.25, -0.2) is 9.78 Å². The number of carbonyl (C=O) groups excluding carboxylic acids is 1. The minimum atomic E-state index is -0.209. The summed E-state index contributed by atoms with van der Waals surface area (Å²) in [5.41, 5.74) is 0.661. The van der Waals surface area contributed by atoms with Gasteiger partial charge in [0.25, 0.3) is 0 Å². The SMILES string of the molecule is C[C@H]1CN(c2ccc(NC(=O)N(C)Cc3ccco3)cn2)C[C@H](C)O1. The number of nitrogens with one attached hydrogen (secondary N) is 1. The Labute approximate surface area is 147 Å². The van der Waals surface area contributed by atoms with E-state index in [1.165, 1.54) is 0 Å². The fourth-order valence-electron chi connectivity index (χ4n) is 2.94. The molecule has 0 bridgehead atoms. The lowest BCUT2D eigenvalue weighted by Gasteiger charge is -2.36. The van der Waals surface area contributed by atoms with E-state index in [4.69, 9.17) is 9.15 Å². The Kier molecular flexibility index (Phi) is 5.23. The summed E-state index contributed by atoms with van der Waals surface area (Å²) in [4.78, 5) is 20.5. The van der Waals surface area contributed by atoms with E-state index in [9.17, 15) is 4.79 Å². The lowest BCUT2D eigenvalue weighted by atomic mass is 10.2. The summed E-state index contributed by atoms with van der Waals surface area (Å²) < 4.78 is 11.0. The number of hydrogen-bond acceptors (Lipinski definition) is 5. The molecule has 3 rings (SSSR count). The van der Waals surface area contributed by atoms with Gasteiger partial charge in [-0.3, -0.25) is 0 Å². The van der Waals surface area contributed by atoms with E-state index in [0.717, 1.165) is 24.7 Å². The summed E-state index contributed by atoms with van der Waals surface area (Å²) in [7, 11) is 1.72. The van der Waals surface area contributed by atoms with Crippen molar-refractivity contribution in [3.05, 3.63) is 42.5 Å². The molecular formula is C18H24N4O3. The zero-order valence-electron chi connectivity index (χ0n) is 14.8. The van der Waals surface area contributed by atoms with Gasteiger partial charge in [-0.2, -0.15) is 0 Å². The molecule has 25 heavy (non-hydrogen) atoms. The van der Waals surface area contributed by atoms with Crippen molar-refractivity contribution >= 4 is 17.5 Å². The van der Waals surface area contributed by atoms with Gasteiger partial charge in [0.1, 0.15) is 11.6 Å². The van der Waals surface area contributed by atoms with Crippen LogP contribution in [-0.2, 0) is 11.3 Å². The number of anilines is 2. The van der Waals surface area contributed by atoms with Gasteiger partial charge in [0.05, 0.1) is 36.9 Å². The average molecular weight is 344 g/mol. The van der Waals surface area contributed by atoms with Gasteiger partial charge in [-0.05, 0) is 38.1 Å². The zero-order valence-corrected chi connectivity index (χ0v) is 14.8. The number of furan rings is 1. The lowest BCUT2D eigenvalue weighted by Crippen LogP contribution is -2.45. The second-order valence-corrected chi connectivity index (χ2v) is 6.43. The van der Waals surface area contributed by atoms with Crippen LogP contribution in [0.2, 0.25) is 0 Å². The Hall–Kier alpha value is -2.54. The molecule has 7 nitrogen and oxygen atoms in total. The number of rotatable bonds is 4. The number of carbonyl (C=O) groups is 1. The second-order valence-electron chi connectivity index (χ2n) is 6.43. The Morgan fingerprint density at radius 3 is 2.68 bits per heavy atom. The highest BCUT2D eigenvalue weighted by Gasteiger charge is 2.23. The molecule has 0 spiro atoms. The number of pyridine rings is 1. The molecule has 2 atom stereocenters. The van der Waals surface area contributed by atoms with Gasteiger partial charge in [-0.1, -0.05) is 0 Å². The summed E-state index contributed by atoms with van der Waals surface area (Å²) in [6, 6.07) is 7.22. The standard InChI is InChI=1S/C18H24N4O3/c1-13-10-22(11-14(2)25-13)17-7-6-15(9-19-17)20-18(23)21(3)12-16-5-4-8-24-16/h4-9,13-14H,10-12H2,1-3H3,(H,20,23)/t13-,14-/m0/s1. The fraction of sp³-hybridized carbons (Fsp3) is 0.444. The van der Waals surface area contributed by atoms with E-state index < -0.39 is 0 Å². The van der Waals surface area contributed by atoms with Crippen molar-refractivity contribution in [3.8, 4) is 0 Å². The highest BCUT2D eigenvalue weighted by atomic mass is 16.5. The van der Waals surface area contributed by atoms with Gasteiger partial charge in [-0.15, -0.1) is 0 Å². The van der Waals surface area contributed by atoms with Crippen LogP contribution in [0.15, 0.2) is 41.1 Å². The molecule has 1 saturated heterocycles. The summed E-state index contributed by atoms with van der Waals surface area (Å²) in [6.45, 7) is 6.16. The Balaban J connectivity index is 1.57. The third-order valence-corrected chi connectivity index (χ3v) is 4.06. The Morgan fingerprint density at radius 2 is 2.08 bits per heavy atom. The Morgan fingerprint density at radius 1 is 1.32 bits per heavy atom. The normalized spacial score (nSPS) is 20.4. The molecule has 7 heteroatoms. The molecule has 3 heterocycles. The second kappa shape index (κ2) is 7.57. The van der Waals surface area contributed by atoms with Crippen molar-refractivity contribution in [1.82, 2.24) is 9.88 Å². The first-order chi connectivity index (χ1) is 12.0. The van der Waals surface area contributed by atoms with E-state index in [1.807, 2.05) is 18.2 Å². The van der Waals surface area contributed by atoms with Crippen LogP contribution in [0.4, 0.5) is 16.3 Å². The molecular weight excluding hydrogens is 320 g/mol. The van der Waals surface area contributed by atoms with Crippen LogP contribution in [0.1, 0.15) is 19.6 Å². The number of hydrogen-bond donors (Lipinski definition) is 1. The number of aromatic nitrogens is 1. The third-order valence-electron chi connectivity index (χ3n) is 4.06. The summed E-state index contributed by atoms with van der Waals surface area (Å²) in [5.74, 6) is 1.63. The number of urea groups is 1. The fourth-order valence-corrected chi connectivity index (χ4v) is 2.94. The highest BCUT2D eigenvalue weighted by molar-refractivity contribution is 5.89. The molecule has 1 N–H and O–H groups in total. The van der Waals surface area contributed by atoms with E-state index in [2.05, 4.69) is 29.0 Å². The maximum atomic E-state index is 12.2. The molecule has 0 aromatic carbocycles. The van der Waals surface area contributed by atoms with Crippen LogP contribution in [-0.4, -0.2) is 48.3 Å². The number of morpholine rings is 1. The molecule has 1 aliphatic rings. The topological polar surface area (TPSA) is 70.8 Å². The first-order valence-corrected chi connectivity index (χ1v) is 8.42. The highest BCUT2D eigenvalue weighted by Crippen LogP contribution is 2.20. The smallest absolute Gasteiger partial charge is 0.322 e. The van der Waals surface area contributed by atoms with Crippen LogP contribution in [0.3, 0.4) is 0 Å². The summed E-state index contributed by atoms with van der Waals surface area (Å²) in [5, 5.41) is 2.84. The van der Waals surface area contributed by atoms with Crippen LogP contribution < -0.4 is 10.2 Å². The van der Waals surface area contributed by atoms with E-state index >= 15 is 0 Å². The maximum absolute atomic E-state index is 12.2. The molecule has 2 amide bonds. The van der Waals surface area contributed by atoms with Crippen molar-refractivity contribution in [2.45, 2.75) is 32.6 Å². The van der Waals surface area contributed by atoms with Crippen molar-refractivity contribution in [1.29, 1.82) is 0 Å². The molecule has 1 fully saturated rings. The third kappa shape index (κ3) is 4.51. The lowest BCUT2D eigenvalue weighted by molar-refractivity contribution is -0.00545. The molecule has 134 valence electrons. The molecule has 0 aliphatic carbocycles. The van der Waals surface area contributed by atoms with Crippen LogP contribution in [0, 0.1) is 0 Å². The molecule has 2 aromatic heterocycles. The van der Waals surface area contributed by atoms with Crippen molar-refractivity contribution in [3.63, 3.8) is 0 Å². The minimum Gasteiger partial charge on any atom is -0.467 e. The molecule has 1 aliphatic heterocycles. The van der Waals surface area contributed by atoms with Crippen LogP contribution in [0.25, 0.3) is 0 Å². The van der Waals surface area contributed by atoms with Crippen LogP contribution in [0.5, 0.6) is 0 Å². The summed E-state index contributed by atoms with van der Waals surface area (Å²) >= 11 is 0.